The highest BCUT2D eigenvalue weighted by Gasteiger charge is 2.14. The van der Waals surface area contributed by atoms with Crippen molar-refractivity contribution >= 4 is 5.65 Å². The number of imidazole rings is 1. The van der Waals surface area contributed by atoms with E-state index < -0.39 is 0 Å². The van der Waals surface area contributed by atoms with E-state index in [0.717, 1.165) is 36.9 Å². The van der Waals surface area contributed by atoms with Crippen LogP contribution in [-0.4, -0.2) is 40.5 Å². The Morgan fingerprint density at radius 2 is 2.15 bits per heavy atom. The number of hydrogen-bond acceptors (Lipinski definition) is 3. The summed E-state index contributed by atoms with van der Waals surface area (Å²) in [4.78, 5) is 7.16. The Hall–Kier alpha value is -1.39. The fourth-order valence-electron chi connectivity index (χ4n) is 2.81. The summed E-state index contributed by atoms with van der Waals surface area (Å²) in [6.07, 6.45) is 6.85. The van der Waals surface area contributed by atoms with Crippen molar-refractivity contribution in [3.05, 3.63) is 36.3 Å². The van der Waals surface area contributed by atoms with Crippen molar-refractivity contribution < 1.29 is 0 Å². The first-order valence-electron chi connectivity index (χ1n) is 7.67. The molecule has 2 aromatic heterocycles. The number of fused-ring (bicyclic) bond motifs is 1. The highest BCUT2D eigenvalue weighted by molar-refractivity contribution is 5.39. The first kappa shape index (κ1) is 13.6. The minimum Gasteiger partial charge on any atom is -0.310 e. The van der Waals surface area contributed by atoms with Gasteiger partial charge in [-0.2, -0.15) is 0 Å². The maximum Gasteiger partial charge on any atom is 0.137 e. The number of nitrogens with zero attached hydrogens (tertiary/aromatic N) is 3. The molecule has 3 heterocycles. The average Bonchev–Trinajstić information content (AvgIpc) is 2.88. The van der Waals surface area contributed by atoms with Gasteiger partial charge in [-0.15, -0.1) is 0 Å². The van der Waals surface area contributed by atoms with E-state index in [0.29, 0.717) is 0 Å². The SMILES string of the molecule is CC1CCN(CCNCc2cn3ccccc3n2)CC1. The summed E-state index contributed by atoms with van der Waals surface area (Å²) in [5, 5.41) is 3.50. The Morgan fingerprint density at radius 3 is 2.95 bits per heavy atom. The molecular formula is C16H24N4. The molecule has 2 aromatic rings. The molecule has 20 heavy (non-hydrogen) atoms. The molecule has 0 saturated carbocycles. The van der Waals surface area contributed by atoms with Gasteiger partial charge in [-0.1, -0.05) is 13.0 Å². The first-order valence-corrected chi connectivity index (χ1v) is 7.67. The van der Waals surface area contributed by atoms with Gasteiger partial charge in [-0.3, -0.25) is 0 Å². The van der Waals surface area contributed by atoms with E-state index in [-0.39, 0.29) is 0 Å². The van der Waals surface area contributed by atoms with Crippen LogP contribution < -0.4 is 5.32 Å². The standard InChI is InChI=1S/C16H24N4/c1-14-5-9-19(10-6-14)11-7-17-12-15-13-20-8-3-2-4-16(20)18-15/h2-4,8,13-14,17H,5-7,9-12H2,1H3. The van der Waals surface area contributed by atoms with E-state index in [4.69, 9.17) is 0 Å². The lowest BCUT2D eigenvalue weighted by Gasteiger charge is -2.30. The Balaban J connectivity index is 1.41. The van der Waals surface area contributed by atoms with Gasteiger partial charge in [0.05, 0.1) is 5.69 Å². The second-order valence-corrected chi connectivity index (χ2v) is 5.90. The van der Waals surface area contributed by atoms with Crippen molar-refractivity contribution in [3.63, 3.8) is 0 Å². The third-order valence-electron chi connectivity index (χ3n) is 4.20. The molecule has 0 atom stereocenters. The predicted octanol–water partition coefficient (Wildman–Crippen LogP) is 2.16. The molecule has 1 fully saturated rings. The van der Waals surface area contributed by atoms with Gasteiger partial charge in [-0.25, -0.2) is 4.98 Å². The molecule has 108 valence electrons. The van der Waals surface area contributed by atoms with E-state index in [1.807, 2.05) is 24.4 Å². The maximum absolute atomic E-state index is 4.59. The normalized spacial score (nSPS) is 17.9. The predicted molar refractivity (Wildman–Crippen MR) is 81.7 cm³/mol. The molecule has 0 bridgehead atoms. The number of pyridine rings is 1. The lowest BCUT2D eigenvalue weighted by atomic mass is 9.99. The van der Waals surface area contributed by atoms with Crippen LogP contribution in [0.15, 0.2) is 30.6 Å². The van der Waals surface area contributed by atoms with Gasteiger partial charge < -0.3 is 14.6 Å². The van der Waals surface area contributed by atoms with Crippen LogP contribution in [0.25, 0.3) is 5.65 Å². The number of piperidine rings is 1. The minimum atomic E-state index is 0.853. The summed E-state index contributed by atoms with van der Waals surface area (Å²) in [7, 11) is 0. The number of hydrogen-bond donors (Lipinski definition) is 1. The maximum atomic E-state index is 4.59. The molecule has 0 amide bonds. The van der Waals surface area contributed by atoms with Gasteiger partial charge in [0.1, 0.15) is 5.65 Å². The quantitative estimate of drug-likeness (QED) is 0.847. The van der Waals surface area contributed by atoms with Crippen LogP contribution in [0.1, 0.15) is 25.5 Å². The van der Waals surface area contributed by atoms with E-state index in [2.05, 4.69) is 32.7 Å². The monoisotopic (exact) mass is 272 g/mol. The largest absolute Gasteiger partial charge is 0.310 e. The molecule has 1 N–H and O–H groups in total. The van der Waals surface area contributed by atoms with Crippen LogP contribution in [-0.2, 0) is 6.54 Å². The highest BCUT2D eigenvalue weighted by Crippen LogP contribution is 2.15. The molecule has 0 radical (unpaired) electrons. The third kappa shape index (κ3) is 3.38. The minimum absolute atomic E-state index is 0.853. The zero-order chi connectivity index (χ0) is 13.8. The van der Waals surface area contributed by atoms with Crippen LogP contribution in [0.2, 0.25) is 0 Å². The lowest BCUT2D eigenvalue weighted by Crippen LogP contribution is -2.37. The molecule has 0 aromatic carbocycles. The zero-order valence-corrected chi connectivity index (χ0v) is 12.3. The Morgan fingerprint density at radius 1 is 1.30 bits per heavy atom. The van der Waals surface area contributed by atoms with E-state index in [9.17, 15) is 0 Å². The molecule has 0 aliphatic carbocycles. The van der Waals surface area contributed by atoms with Gasteiger partial charge in [0.15, 0.2) is 0 Å². The van der Waals surface area contributed by atoms with Crippen LogP contribution in [0.5, 0.6) is 0 Å². The van der Waals surface area contributed by atoms with Crippen LogP contribution in [0.4, 0.5) is 0 Å². The van der Waals surface area contributed by atoms with Crippen LogP contribution in [0.3, 0.4) is 0 Å². The average molecular weight is 272 g/mol. The summed E-state index contributed by atoms with van der Waals surface area (Å²) >= 11 is 0. The molecule has 1 aliphatic heterocycles. The first-order chi connectivity index (χ1) is 9.81. The fourth-order valence-corrected chi connectivity index (χ4v) is 2.81. The van der Waals surface area contributed by atoms with Gasteiger partial charge in [0, 0.05) is 32.0 Å². The van der Waals surface area contributed by atoms with Gasteiger partial charge in [0.2, 0.25) is 0 Å². The van der Waals surface area contributed by atoms with Crippen LogP contribution >= 0.6 is 0 Å². The summed E-state index contributed by atoms with van der Waals surface area (Å²) in [5.74, 6) is 0.914. The van der Waals surface area contributed by atoms with E-state index >= 15 is 0 Å². The Kier molecular flexibility index (Phi) is 4.33. The molecular weight excluding hydrogens is 248 g/mol. The molecule has 4 nitrogen and oxygen atoms in total. The van der Waals surface area contributed by atoms with Crippen LogP contribution in [0, 0.1) is 5.92 Å². The smallest absolute Gasteiger partial charge is 0.137 e. The van der Waals surface area contributed by atoms with Gasteiger partial charge in [0.25, 0.3) is 0 Å². The topological polar surface area (TPSA) is 32.6 Å². The molecule has 3 rings (SSSR count). The van der Waals surface area contributed by atoms with Crippen molar-refractivity contribution in [2.24, 2.45) is 5.92 Å². The van der Waals surface area contributed by atoms with Crippen molar-refractivity contribution in [2.75, 3.05) is 26.2 Å². The molecule has 1 saturated heterocycles. The van der Waals surface area contributed by atoms with Crippen molar-refractivity contribution in [1.82, 2.24) is 19.6 Å². The summed E-state index contributed by atoms with van der Waals surface area (Å²) < 4.78 is 2.07. The fraction of sp³-hybridized carbons (Fsp3) is 0.562. The third-order valence-corrected chi connectivity index (χ3v) is 4.20. The van der Waals surface area contributed by atoms with Crippen molar-refractivity contribution in [1.29, 1.82) is 0 Å². The zero-order valence-electron chi connectivity index (χ0n) is 12.3. The van der Waals surface area contributed by atoms with Gasteiger partial charge >= 0.3 is 0 Å². The Bertz CT molecular complexity index is 507. The van der Waals surface area contributed by atoms with E-state index in [1.54, 1.807) is 0 Å². The summed E-state index contributed by atoms with van der Waals surface area (Å²) in [6, 6.07) is 6.10. The second kappa shape index (κ2) is 6.37. The van der Waals surface area contributed by atoms with Crippen molar-refractivity contribution in [2.45, 2.75) is 26.3 Å². The lowest BCUT2D eigenvalue weighted by molar-refractivity contribution is 0.193. The molecule has 0 spiro atoms. The summed E-state index contributed by atoms with van der Waals surface area (Å²) in [6.45, 7) is 7.93. The number of aromatic nitrogens is 2. The van der Waals surface area contributed by atoms with Crippen molar-refractivity contribution in [3.8, 4) is 0 Å². The molecule has 0 unspecified atom stereocenters. The number of nitrogens with one attached hydrogen (secondary N) is 1. The summed E-state index contributed by atoms with van der Waals surface area (Å²) in [5.41, 5.74) is 2.14. The molecule has 4 heteroatoms. The number of rotatable bonds is 5. The highest BCUT2D eigenvalue weighted by atomic mass is 15.1. The molecule has 1 aliphatic rings. The van der Waals surface area contributed by atoms with E-state index in [1.165, 1.54) is 25.9 Å². The second-order valence-electron chi connectivity index (χ2n) is 5.90. The van der Waals surface area contributed by atoms with Gasteiger partial charge in [-0.05, 0) is 44.0 Å². The number of likely N-dealkylation sites (tertiary alicyclic amines) is 1. The Labute approximate surface area is 120 Å².